The molecule has 1 N–H and O–H groups in total. The summed E-state index contributed by atoms with van der Waals surface area (Å²) < 4.78 is 0. The van der Waals surface area contributed by atoms with Crippen LogP contribution in [0.5, 0.6) is 0 Å². The number of aromatic carboxylic acids is 1. The van der Waals surface area contributed by atoms with Crippen LogP contribution in [0.3, 0.4) is 0 Å². The van der Waals surface area contributed by atoms with Crippen LogP contribution in [0.1, 0.15) is 48.7 Å². The lowest BCUT2D eigenvalue weighted by Crippen LogP contribution is -2.21. The summed E-state index contributed by atoms with van der Waals surface area (Å²) >= 11 is 0. The zero-order chi connectivity index (χ0) is 14.4. The number of carboxylic acid groups (broad SMARTS) is 1. The molecule has 0 unspecified atom stereocenters. The van der Waals surface area contributed by atoms with Crippen LogP contribution in [0, 0.1) is 0 Å². The molecular formula is C15H22N2O2. The van der Waals surface area contributed by atoms with Gasteiger partial charge in [-0.05, 0) is 30.9 Å². The first-order chi connectivity index (χ1) is 8.95. The number of rotatable bonds is 7. The lowest BCUT2D eigenvalue weighted by atomic mass is 10.1. The fraction of sp³-hybridized carbons (Fsp3) is 0.467. The molecule has 0 spiro atoms. The van der Waals surface area contributed by atoms with E-state index in [-0.39, 0.29) is 5.92 Å². The molecule has 0 aliphatic rings. The molecule has 0 fully saturated rings. The van der Waals surface area contributed by atoms with Gasteiger partial charge in [0.2, 0.25) is 0 Å². The molecule has 1 rings (SSSR count). The smallest absolute Gasteiger partial charge is 0.335 e. The van der Waals surface area contributed by atoms with Gasteiger partial charge in [-0.2, -0.15) is 0 Å². The highest BCUT2D eigenvalue weighted by Crippen LogP contribution is 2.20. The minimum atomic E-state index is -0.912. The molecule has 0 saturated carbocycles. The Hall–Kier alpha value is -1.84. The minimum absolute atomic E-state index is 0.208. The second-order valence-corrected chi connectivity index (χ2v) is 4.95. The summed E-state index contributed by atoms with van der Waals surface area (Å²) in [6.45, 7) is 8.54. The zero-order valence-corrected chi connectivity index (χ0v) is 11.9. The Labute approximate surface area is 114 Å². The van der Waals surface area contributed by atoms with Crippen molar-refractivity contribution < 1.29 is 9.90 Å². The van der Waals surface area contributed by atoms with Gasteiger partial charge in [0.15, 0.2) is 0 Å². The van der Waals surface area contributed by atoms with E-state index in [9.17, 15) is 4.79 Å². The van der Waals surface area contributed by atoms with Crippen molar-refractivity contribution in [3.63, 3.8) is 0 Å². The van der Waals surface area contributed by atoms with Gasteiger partial charge >= 0.3 is 5.97 Å². The summed E-state index contributed by atoms with van der Waals surface area (Å²) in [5.41, 5.74) is 1.11. The summed E-state index contributed by atoms with van der Waals surface area (Å²) in [7, 11) is 1.93. The van der Waals surface area contributed by atoms with Crippen molar-refractivity contribution in [2.75, 3.05) is 18.5 Å². The minimum Gasteiger partial charge on any atom is -0.478 e. The quantitative estimate of drug-likeness (QED) is 0.605. The van der Waals surface area contributed by atoms with Crippen molar-refractivity contribution in [1.29, 1.82) is 0 Å². The van der Waals surface area contributed by atoms with E-state index in [0.29, 0.717) is 11.4 Å². The summed E-state index contributed by atoms with van der Waals surface area (Å²) in [6.07, 6.45) is 3.81. The average molecular weight is 262 g/mol. The zero-order valence-electron chi connectivity index (χ0n) is 11.9. The van der Waals surface area contributed by atoms with Gasteiger partial charge in [0, 0.05) is 19.3 Å². The Bertz CT molecular complexity index is 455. The number of nitrogens with zero attached hydrogens (tertiary/aromatic N) is 2. The fourth-order valence-electron chi connectivity index (χ4n) is 1.74. The first-order valence-corrected chi connectivity index (χ1v) is 6.53. The van der Waals surface area contributed by atoms with E-state index >= 15 is 0 Å². The molecule has 0 aliphatic carbocycles. The maximum absolute atomic E-state index is 11.2. The number of unbranched alkanes of at least 4 members (excludes halogenated alkanes) is 1. The SMILES string of the molecule is C=CCCCN(C)c1cc(C(=O)O)cc(C(C)C)n1. The lowest BCUT2D eigenvalue weighted by molar-refractivity contribution is 0.0696. The molecular weight excluding hydrogens is 240 g/mol. The van der Waals surface area contributed by atoms with Crippen molar-refractivity contribution >= 4 is 11.8 Å². The van der Waals surface area contributed by atoms with Crippen LogP contribution in [0.25, 0.3) is 0 Å². The van der Waals surface area contributed by atoms with Gasteiger partial charge in [0.1, 0.15) is 5.82 Å². The summed E-state index contributed by atoms with van der Waals surface area (Å²) in [5, 5.41) is 9.15. The Morgan fingerprint density at radius 2 is 2.21 bits per heavy atom. The fourth-order valence-corrected chi connectivity index (χ4v) is 1.74. The lowest BCUT2D eigenvalue weighted by Gasteiger charge is -2.20. The third-order valence-electron chi connectivity index (χ3n) is 2.96. The van der Waals surface area contributed by atoms with Gasteiger partial charge in [-0.3, -0.25) is 0 Å². The predicted molar refractivity (Wildman–Crippen MR) is 78.0 cm³/mol. The number of hydrogen-bond acceptors (Lipinski definition) is 3. The Balaban J connectivity index is 2.98. The molecule has 0 saturated heterocycles. The second kappa shape index (κ2) is 6.92. The molecule has 4 heteroatoms. The van der Waals surface area contributed by atoms with Gasteiger partial charge < -0.3 is 10.0 Å². The molecule has 0 amide bonds. The van der Waals surface area contributed by atoms with E-state index in [2.05, 4.69) is 11.6 Å². The van der Waals surface area contributed by atoms with Crippen molar-refractivity contribution in [3.05, 3.63) is 36.0 Å². The predicted octanol–water partition coefficient (Wildman–Crippen LogP) is 3.31. The maximum atomic E-state index is 11.2. The first kappa shape index (κ1) is 15.2. The van der Waals surface area contributed by atoms with Gasteiger partial charge in [0.25, 0.3) is 0 Å². The van der Waals surface area contributed by atoms with Crippen LogP contribution in [-0.2, 0) is 0 Å². The Morgan fingerprint density at radius 1 is 1.53 bits per heavy atom. The average Bonchev–Trinajstić information content (AvgIpc) is 2.38. The molecule has 1 heterocycles. The molecule has 1 aromatic rings. The van der Waals surface area contributed by atoms with E-state index < -0.39 is 5.97 Å². The summed E-state index contributed by atoms with van der Waals surface area (Å²) in [6, 6.07) is 3.27. The number of aromatic nitrogens is 1. The molecule has 0 radical (unpaired) electrons. The van der Waals surface area contributed by atoms with E-state index in [4.69, 9.17) is 5.11 Å². The Morgan fingerprint density at radius 3 is 2.74 bits per heavy atom. The molecule has 4 nitrogen and oxygen atoms in total. The van der Waals surface area contributed by atoms with E-state index in [1.54, 1.807) is 12.1 Å². The number of allylic oxidation sites excluding steroid dienone is 1. The number of hydrogen-bond donors (Lipinski definition) is 1. The molecule has 1 aromatic heterocycles. The number of carboxylic acids is 1. The maximum Gasteiger partial charge on any atom is 0.335 e. The van der Waals surface area contributed by atoms with Crippen LogP contribution >= 0.6 is 0 Å². The third-order valence-corrected chi connectivity index (χ3v) is 2.96. The standard InChI is InChI=1S/C15H22N2O2/c1-5-6-7-8-17(4)14-10-12(15(18)19)9-13(16-14)11(2)3/h5,9-11H,1,6-8H2,2-4H3,(H,18,19). The molecule has 0 atom stereocenters. The van der Waals surface area contributed by atoms with Gasteiger partial charge in [-0.25, -0.2) is 9.78 Å². The number of pyridine rings is 1. The van der Waals surface area contributed by atoms with E-state index in [1.807, 2.05) is 31.9 Å². The van der Waals surface area contributed by atoms with E-state index in [1.165, 1.54) is 0 Å². The van der Waals surface area contributed by atoms with Crippen LogP contribution in [0.2, 0.25) is 0 Å². The largest absolute Gasteiger partial charge is 0.478 e. The molecule has 104 valence electrons. The summed E-state index contributed by atoms with van der Waals surface area (Å²) in [5.74, 6) is 0.0114. The monoisotopic (exact) mass is 262 g/mol. The number of carbonyl (C=O) groups is 1. The molecule has 0 aliphatic heterocycles. The Kier molecular flexibility index (Phi) is 5.55. The van der Waals surface area contributed by atoms with Crippen LogP contribution in [0.4, 0.5) is 5.82 Å². The highest BCUT2D eigenvalue weighted by atomic mass is 16.4. The second-order valence-electron chi connectivity index (χ2n) is 4.95. The van der Waals surface area contributed by atoms with Crippen molar-refractivity contribution in [3.8, 4) is 0 Å². The molecule has 19 heavy (non-hydrogen) atoms. The van der Waals surface area contributed by atoms with Gasteiger partial charge in [-0.1, -0.05) is 19.9 Å². The van der Waals surface area contributed by atoms with Crippen LogP contribution in [0.15, 0.2) is 24.8 Å². The summed E-state index contributed by atoms with van der Waals surface area (Å²) in [4.78, 5) is 17.7. The molecule has 0 bridgehead atoms. The first-order valence-electron chi connectivity index (χ1n) is 6.53. The van der Waals surface area contributed by atoms with Crippen LogP contribution < -0.4 is 4.90 Å². The normalized spacial score (nSPS) is 10.5. The van der Waals surface area contributed by atoms with Crippen molar-refractivity contribution in [1.82, 2.24) is 4.98 Å². The highest BCUT2D eigenvalue weighted by molar-refractivity contribution is 5.88. The van der Waals surface area contributed by atoms with Crippen molar-refractivity contribution in [2.45, 2.75) is 32.6 Å². The number of anilines is 1. The van der Waals surface area contributed by atoms with Crippen molar-refractivity contribution in [2.24, 2.45) is 0 Å². The van der Waals surface area contributed by atoms with Crippen LogP contribution in [-0.4, -0.2) is 29.7 Å². The van der Waals surface area contributed by atoms with Gasteiger partial charge in [0.05, 0.1) is 5.56 Å². The molecule has 0 aromatic carbocycles. The third kappa shape index (κ3) is 4.39. The van der Waals surface area contributed by atoms with Gasteiger partial charge in [-0.15, -0.1) is 6.58 Å². The highest BCUT2D eigenvalue weighted by Gasteiger charge is 2.12. The van der Waals surface area contributed by atoms with E-state index in [0.717, 1.165) is 25.1 Å². The topological polar surface area (TPSA) is 53.4 Å².